The summed E-state index contributed by atoms with van der Waals surface area (Å²) in [6, 6.07) is 8.67. The van der Waals surface area contributed by atoms with Crippen LogP contribution in [0.4, 0.5) is 5.69 Å². The molecule has 0 bridgehead atoms. The molecule has 0 atom stereocenters. The first-order valence-electron chi connectivity index (χ1n) is 8.08. The lowest BCUT2D eigenvalue weighted by atomic mass is 10.1. The number of carbonyl (C=O) groups is 1. The fraction of sp³-hybridized carbons (Fsp3) is 0.611. The van der Waals surface area contributed by atoms with Gasteiger partial charge in [-0.05, 0) is 37.0 Å². The van der Waals surface area contributed by atoms with Crippen molar-refractivity contribution in [1.82, 2.24) is 0 Å². The zero-order valence-electron chi connectivity index (χ0n) is 14.1. The number of amides is 1. The maximum absolute atomic E-state index is 12.2. The van der Waals surface area contributed by atoms with Crippen LogP contribution in [0.25, 0.3) is 0 Å². The summed E-state index contributed by atoms with van der Waals surface area (Å²) in [5.74, 6) is 0.219. The SMILES string of the molecule is CC.CCC(=O)N(c1cccc(CC)c1)C(CC)CC. The molecule has 1 aromatic carbocycles. The predicted molar refractivity (Wildman–Crippen MR) is 89.3 cm³/mol. The van der Waals surface area contributed by atoms with Gasteiger partial charge in [0.15, 0.2) is 0 Å². The predicted octanol–water partition coefficient (Wildman–Crippen LogP) is 5.21. The zero-order valence-corrected chi connectivity index (χ0v) is 14.1. The molecule has 114 valence electrons. The minimum Gasteiger partial charge on any atom is -0.309 e. The first-order valence-corrected chi connectivity index (χ1v) is 8.08. The third kappa shape index (κ3) is 4.99. The van der Waals surface area contributed by atoms with Gasteiger partial charge in [-0.15, -0.1) is 0 Å². The fourth-order valence-electron chi connectivity index (χ4n) is 2.31. The van der Waals surface area contributed by atoms with Crippen molar-refractivity contribution in [3.05, 3.63) is 29.8 Å². The monoisotopic (exact) mass is 277 g/mol. The van der Waals surface area contributed by atoms with Crippen molar-refractivity contribution < 1.29 is 4.79 Å². The van der Waals surface area contributed by atoms with Crippen molar-refractivity contribution >= 4 is 11.6 Å². The van der Waals surface area contributed by atoms with Gasteiger partial charge in [0.25, 0.3) is 0 Å². The summed E-state index contributed by atoms with van der Waals surface area (Å²) in [5, 5.41) is 0. The molecule has 0 aromatic heterocycles. The summed E-state index contributed by atoms with van der Waals surface area (Å²) in [7, 11) is 0. The summed E-state index contributed by atoms with van der Waals surface area (Å²) in [4.78, 5) is 14.2. The quantitative estimate of drug-likeness (QED) is 0.699. The van der Waals surface area contributed by atoms with Gasteiger partial charge in [0.2, 0.25) is 5.91 Å². The molecule has 0 N–H and O–H groups in total. The van der Waals surface area contributed by atoms with Gasteiger partial charge >= 0.3 is 0 Å². The highest BCUT2D eigenvalue weighted by Crippen LogP contribution is 2.23. The van der Waals surface area contributed by atoms with E-state index in [9.17, 15) is 4.79 Å². The minimum absolute atomic E-state index is 0.219. The molecule has 0 aliphatic rings. The van der Waals surface area contributed by atoms with E-state index in [1.807, 2.05) is 37.8 Å². The maximum Gasteiger partial charge on any atom is 0.226 e. The standard InChI is InChI=1S/C16H25NO.C2H6/c1-5-13-10-9-11-15(12-13)17(16(18)8-4)14(6-2)7-3;1-2/h9-12,14H,5-8H2,1-4H3;1-2H3. The fourth-order valence-corrected chi connectivity index (χ4v) is 2.31. The third-order valence-corrected chi connectivity index (χ3v) is 3.48. The van der Waals surface area contributed by atoms with Crippen molar-refractivity contribution in [1.29, 1.82) is 0 Å². The van der Waals surface area contributed by atoms with Gasteiger partial charge in [0.1, 0.15) is 0 Å². The van der Waals surface area contributed by atoms with E-state index in [4.69, 9.17) is 0 Å². The molecule has 1 aromatic rings. The van der Waals surface area contributed by atoms with Gasteiger partial charge in [-0.1, -0.05) is 53.7 Å². The Bertz CT molecular complexity index is 383. The van der Waals surface area contributed by atoms with Gasteiger partial charge in [-0.3, -0.25) is 4.79 Å². The highest BCUT2D eigenvalue weighted by Gasteiger charge is 2.21. The van der Waals surface area contributed by atoms with E-state index in [2.05, 4.69) is 32.9 Å². The zero-order chi connectivity index (χ0) is 15.5. The van der Waals surface area contributed by atoms with Gasteiger partial charge < -0.3 is 4.90 Å². The minimum atomic E-state index is 0.219. The molecule has 2 heteroatoms. The van der Waals surface area contributed by atoms with Crippen LogP contribution in [0.3, 0.4) is 0 Å². The second-order valence-corrected chi connectivity index (χ2v) is 4.61. The Hall–Kier alpha value is -1.31. The lowest BCUT2D eigenvalue weighted by Gasteiger charge is -2.30. The maximum atomic E-state index is 12.2. The van der Waals surface area contributed by atoms with E-state index >= 15 is 0 Å². The molecular weight excluding hydrogens is 246 g/mol. The molecule has 20 heavy (non-hydrogen) atoms. The highest BCUT2D eigenvalue weighted by molar-refractivity contribution is 5.93. The third-order valence-electron chi connectivity index (χ3n) is 3.48. The van der Waals surface area contributed by atoms with Crippen molar-refractivity contribution in [3.63, 3.8) is 0 Å². The van der Waals surface area contributed by atoms with Crippen LogP contribution < -0.4 is 4.90 Å². The first kappa shape index (κ1) is 18.7. The van der Waals surface area contributed by atoms with Crippen LogP contribution in [-0.4, -0.2) is 11.9 Å². The molecule has 2 nitrogen and oxygen atoms in total. The topological polar surface area (TPSA) is 20.3 Å². The van der Waals surface area contributed by atoms with Crippen molar-refractivity contribution in [2.24, 2.45) is 0 Å². The van der Waals surface area contributed by atoms with Crippen LogP contribution in [0.15, 0.2) is 24.3 Å². The lowest BCUT2D eigenvalue weighted by molar-refractivity contribution is -0.118. The average molecular weight is 277 g/mol. The van der Waals surface area contributed by atoms with Crippen molar-refractivity contribution in [2.75, 3.05) is 4.90 Å². The molecule has 1 rings (SSSR count). The molecule has 0 spiro atoms. The Morgan fingerprint density at radius 1 is 1.10 bits per heavy atom. The normalized spacial score (nSPS) is 9.95. The molecule has 0 aliphatic carbocycles. The number of rotatable bonds is 6. The van der Waals surface area contributed by atoms with Gasteiger partial charge in [-0.2, -0.15) is 0 Å². The summed E-state index contributed by atoms with van der Waals surface area (Å²) >= 11 is 0. The van der Waals surface area contributed by atoms with E-state index in [1.54, 1.807) is 0 Å². The Labute approximate surface area is 125 Å². The molecule has 0 saturated carbocycles. The Kier molecular flexibility index (Phi) is 9.79. The molecule has 0 fully saturated rings. The summed E-state index contributed by atoms with van der Waals surface area (Å²) in [6.07, 6.45) is 3.56. The molecule has 0 unspecified atom stereocenters. The van der Waals surface area contributed by atoms with E-state index in [0.717, 1.165) is 24.9 Å². The van der Waals surface area contributed by atoms with Crippen LogP contribution in [0.1, 0.15) is 66.4 Å². The molecular formula is C18H31NO. The van der Waals surface area contributed by atoms with E-state index in [1.165, 1.54) is 5.56 Å². The van der Waals surface area contributed by atoms with E-state index < -0.39 is 0 Å². The molecule has 1 amide bonds. The van der Waals surface area contributed by atoms with Crippen LogP contribution in [0.5, 0.6) is 0 Å². The average Bonchev–Trinajstić information content (AvgIpc) is 2.53. The lowest BCUT2D eigenvalue weighted by Crippen LogP contribution is -2.39. The van der Waals surface area contributed by atoms with Gasteiger partial charge in [0.05, 0.1) is 0 Å². The Morgan fingerprint density at radius 2 is 1.70 bits per heavy atom. The van der Waals surface area contributed by atoms with E-state index in [0.29, 0.717) is 12.5 Å². The highest BCUT2D eigenvalue weighted by atomic mass is 16.2. The Morgan fingerprint density at radius 3 is 2.15 bits per heavy atom. The first-order chi connectivity index (χ1) is 9.67. The smallest absolute Gasteiger partial charge is 0.226 e. The Balaban J connectivity index is 0.00000172. The number of aryl methyl sites for hydroxylation is 1. The van der Waals surface area contributed by atoms with Gasteiger partial charge in [0, 0.05) is 18.2 Å². The van der Waals surface area contributed by atoms with Crippen LogP contribution in [-0.2, 0) is 11.2 Å². The largest absolute Gasteiger partial charge is 0.309 e. The summed E-state index contributed by atoms with van der Waals surface area (Å²) < 4.78 is 0. The van der Waals surface area contributed by atoms with Crippen LogP contribution in [0, 0.1) is 0 Å². The molecule has 0 aliphatic heterocycles. The van der Waals surface area contributed by atoms with Crippen LogP contribution >= 0.6 is 0 Å². The number of hydrogen-bond acceptors (Lipinski definition) is 1. The number of benzene rings is 1. The second-order valence-electron chi connectivity index (χ2n) is 4.61. The molecule has 0 radical (unpaired) electrons. The molecule has 0 heterocycles. The summed E-state index contributed by atoms with van der Waals surface area (Å²) in [6.45, 7) is 12.4. The second kappa shape index (κ2) is 10.5. The number of hydrogen-bond donors (Lipinski definition) is 0. The van der Waals surface area contributed by atoms with Gasteiger partial charge in [-0.25, -0.2) is 0 Å². The number of carbonyl (C=O) groups excluding carboxylic acids is 1. The van der Waals surface area contributed by atoms with E-state index in [-0.39, 0.29) is 5.91 Å². The number of anilines is 1. The number of nitrogens with zero attached hydrogens (tertiary/aromatic N) is 1. The molecule has 0 saturated heterocycles. The van der Waals surface area contributed by atoms with Crippen molar-refractivity contribution in [3.8, 4) is 0 Å². The summed E-state index contributed by atoms with van der Waals surface area (Å²) in [5.41, 5.74) is 2.34. The van der Waals surface area contributed by atoms with Crippen molar-refractivity contribution in [2.45, 2.75) is 73.3 Å². The van der Waals surface area contributed by atoms with Crippen LogP contribution in [0.2, 0.25) is 0 Å².